The van der Waals surface area contributed by atoms with Gasteiger partial charge in [-0.2, -0.15) is 0 Å². The first-order valence-corrected chi connectivity index (χ1v) is 13.6. The highest BCUT2D eigenvalue weighted by molar-refractivity contribution is 5.67. The Kier molecular flexibility index (Phi) is 10.7. The number of methoxy groups -OCH3 is 3. The quantitative estimate of drug-likeness (QED) is 0.243. The lowest BCUT2D eigenvalue weighted by molar-refractivity contribution is 0.280. The number of benzene rings is 2. The fourth-order valence-corrected chi connectivity index (χ4v) is 4.69. The average molecular weight is 573 g/mol. The maximum Gasteiger partial charge on any atom is 0.227 e. The molecule has 1 aliphatic heterocycles. The third-order valence-electron chi connectivity index (χ3n) is 6.93. The Morgan fingerprint density at radius 1 is 0.902 bits per heavy atom. The van der Waals surface area contributed by atoms with Crippen molar-refractivity contribution in [3.8, 4) is 23.0 Å². The zero-order chi connectivity index (χ0) is 29.2. The fourth-order valence-electron chi connectivity index (χ4n) is 4.69. The van der Waals surface area contributed by atoms with E-state index in [1.54, 1.807) is 7.11 Å². The van der Waals surface area contributed by atoms with Crippen molar-refractivity contribution < 1.29 is 27.7 Å². The van der Waals surface area contributed by atoms with Crippen LogP contribution in [0.2, 0.25) is 0 Å². The van der Waals surface area contributed by atoms with E-state index in [1.807, 2.05) is 18.2 Å². The van der Waals surface area contributed by atoms with Gasteiger partial charge in [0, 0.05) is 50.0 Å². The summed E-state index contributed by atoms with van der Waals surface area (Å²) in [5.74, 6) is -0.675. The number of rotatable bonds is 14. The van der Waals surface area contributed by atoms with Crippen LogP contribution in [0, 0.1) is 11.6 Å². The van der Waals surface area contributed by atoms with Gasteiger partial charge in [-0.05, 0) is 31.5 Å². The number of halogens is 2. The Labute approximate surface area is 239 Å². The van der Waals surface area contributed by atoms with Crippen molar-refractivity contribution in [1.29, 1.82) is 0 Å². The van der Waals surface area contributed by atoms with Crippen molar-refractivity contribution >= 4 is 17.3 Å². The summed E-state index contributed by atoms with van der Waals surface area (Å²) in [4.78, 5) is 10.9. The van der Waals surface area contributed by atoms with E-state index in [0.29, 0.717) is 12.0 Å². The number of aromatic nitrogens is 2. The molecule has 0 unspecified atom stereocenters. The zero-order valence-corrected chi connectivity index (χ0v) is 23.9. The van der Waals surface area contributed by atoms with Crippen LogP contribution in [0.15, 0.2) is 36.7 Å². The van der Waals surface area contributed by atoms with Crippen LogP contribution in [0.5, 0.6) is 23.0 Å². The molecule has 1 aromatic heterocycles. The van der Waals surface area contributed by atoms with Gasteiger partial charge in [0.2, 0.25) is 5.95 Å². The average Bonchev–Trinajstić information content (AvgIpc) is 3.00. The minimum Gasteiger partial charge on any atom is -0.495 e. The molecule has 2 heterocycles. The van der Waals surface area contributed by atoms with Gasteiger partial charge in [0.15, 0.2) is 28.9 Å². The van der Waals surface area contributed by atoms with Crippen molar-refractivity contribution in [2.24, 2.45) is 0 Å². The van der Waals surface area contributed by atoms with Gasteiger partial charge in [-0.25, -0.2) is 18.7 Å². The van der Waals surface area contributed by atoms with Gasteiger partial charge < -0.3 is 39.8 Å². The van der Waals surface area contributed by atoms with Crippen LogP contribution in [0.1, 0.15) is 25.3 Å². The Morgan fingerprint density at radius 2 is 1.56 bits per heavy atom. The highest BCUT2D eigenvalue weighted by Crippen LogP contribution is 2.34. The summed E-state index contributed by atoms with van der Waals surface area (Å²) < 4.78 is 50.4. The van der Waals surface area contributed by atoms with E-state index >= 15 is 0 Å². The van der Waals surface area contributed by atoms with E-state index in [1.165, 1.54) is 26.6 Å². The van der Waals surface area contributed by atoms with E-state index < -0.39 is 18.2 Å². The molecule has 0 radical (unpaired) electrons. The molecule has 3 aromatic rings. The first kappa shape index (κ1) is 30.1. The van der Waals surface area contributed by atoms with Gasteiger partial charge in [-0.3, -0.25) is 0 Å². The van der Waals surface area contributed by atoms with E-state index in [4.69, 9.17) is 18.9 Å². The van der Waals surface area contributed by atoms with Crippen LogP contribution in [0.4, 0.5) is 26.1 Å². The summed E-state index contributed by atoms with van der Waals surface area (Å²) in [6.45, 7) is 6.56. The maximum absolute atomic E-state index is 14.6. The number of likely N-dealkylation sites (N-methyl/N-ethyl adjacent to an activating group) is 1. The number of nitrogens with zero attached hydrogens (tertiary/aromatic N) is 3. The lowest BCUT2D eigenvalue weighted by Crippen LogP contribution is -2.44. The first-order valence-electron chi connectivity index (χ1n) is 13.6. The topological polar surface area (TPSA) is 102 Å². The van der Waals surface area contributed by atoms with Crippen molar-refractivity contribution in [2.75, 3.05) is 64.3 Å². The summed E-state index contributed by atoms with van der Waals surface area (Å²) in [5, 5.41) is 10.1. The van der Waals surface area contributed by atoms with Gasteiger partial charge in [0.1, 0.15) is 12.4 Å². The molecule has 0 aliphatic carbocycles. The largest absolute Gasteiger partial charge is 0.495 e. The van der Waals surface area contributed by atoms with Crippen LogP contribution in [-0.4, -0.2) is 70.1 Å². The molecule has 1 aliphatic rings. The van der Waals surface area contributed by atoms with Gasteiger partial charge in [0.25, 0.3) is 0 Å². The van der Waals surface area contributed by atoms with E-state index in [-0.39, 0.29) is 22.8 Å². The number of nitrogens with one attached hydrogen (secondary N) is 3. The summed E-state index contributed by atoms with van der Waals surface area (Å²) in [6.07, 6.45) is 4.99. The van der Waals surface area contributed by atoms with Crippen molar-refractivity contribution in [1.82, 2.24) is 20.6 Å². The van der Waals surface area contributed by atoms with Gasteiger partial charge in [-0.15, -0.1) is 0 Å². The zero-order valence-electron chi connectivity index (χ0n) is 23.9. The highest BCUT2D eigenvalue weighted by atomic mass is 19.1. The van der Waals surface area contributed by atoms with Crippen molar-refractivity contribution in [3.63, 3.8) is 0 Å². The van der Waals surface area contributed by atoms with Gasteiger partial charge >= 0.3 is 0 Å². The van der Waals surface area contributed by atoms with Crippen LogP contribution < -0.4 is 39.8 Å². The number of hydrogen-bond donors (Lipinski definition) is 3. The van der Waals surface area contributed by atoms with Crippen molar-refractivity contribution in [2.45, 2.75) is 32.4 Å². The molecule has 222 valence electrons. The second-order valence-corrected chi connectivity index (χ2v) is 9.50. The summed E-state index contributed by atoms with van der Waals surface area (Å²) in [6, 6.07) is 7.56. The molecule has 3 N–H and O–H groups in total. The summed E-state index contributed by atoms with van der Waals surface area (Å²) in [5.41, 5.74) is 1.48. The lowest BCUT2D eigenvalue weighted by atomic mass is 10.0. The second kappa shape index (κ2) is 14.6. The molecule has 0 amide bonds. The third kappa shape index (κ3) is 7.65. The molecule has 41 heavy (non-hydrogen) atoms. The monoisotopic (exact) mass is 572 g/mol. The van der Waals surface area contributed by atoms with E-state index in [2.05, 4.69) is 37.7 Å². The summed E-state index contributed by atoms with van der Waals surface area (Å²) in [7, 11) is 4.24. The standard InChI is InChI=1S/C29H38F2N6O4/c1-5-32-10-11-33-19-8-12-37(13-9-19)23-7-6-20(14-24(23)38-2)36-29-34-16-21(17-35-29)41-18-22-27(30)25(39-3)15-26(40-4)28(22)31/h6-7,14-17,19,32-33H,5,8-13,18H2,1-4H3,(H,34,35,36). The molecule has 12 heteroatoms. The van der Waals surface area contributed by atoms with E-state index in [9.17, 15) is 8.78 Å². The third-order valence-corrected chi connectivity index (χ3v) is 6.93. The number of ether oxygens (including phenoxy) is 4. The van der Waals surface area contributed by atoms with Gasteiger partial charge in [0.05, 0.1) is 45.0 Å². The molecular weight excluding hydrogens is 534 g/mol. The molecule has 2 aromatic carbocycles. The minimum absolute atomic E-state index is 0.142. The second-order valence-electron chi connectivity index (χ2n) is 9.50. The maximum atomic E-state index is 14.6. The van der Waals surface area contributed by atoms with E-state index in [0.717, 1.165) is 68.8 Å². The molecule has 1 saturated heterocycles. The molecule has 1 fully saturated rings. The lowest BCUT2D eigenvalue weighted by Gasteiger charge is -2.35. The van der Waals surface area contributed by atoms with Crippen LogP contribution in [-0.2, 0) is 6.61 Å². The SMILES string of the molecule is CCNCCNC1CCN(c2ccc(Nc3ncc(OCc4c(F)c(OC)cc(OC)c4F)cn3)cc2OC)CC1. The van der Waals surface area contributed by atoms with Crippen LogP contribution in [0.25, 0.3) is 0 Å². The Hall–Kier alpha value is -3.90. The predicted molar refractivity (Wildman–Crippen MR) is 154 cm³/mol. The predicted octanol–water partition coefficient (Wildman–Crippen LogP) is 4.27. The number of anilines is 3. The first-order chi connectivity index (χ1) is 20.0. The highest BCUT2D eigenvalue weighted by Gasteiger charge is 2.22. The number of hydrogen-bond acceptors (Lipinski definition) is 10. The molecule has 0 atom stereocenters. The molecule has 4 rings (SSSR count). The fraction of sp³-hybridized carbons (Fsp3) is 0.448. The summed E-state index contributed by atoms with van der Waals surface area (Å²) >= 11 is 0. The minimum atomic E-state index is -0.858. The Bertz CT molecular complexity index is 1240. The molecular formula is C29H38F2N6O4. The molecule has 10 nitrogen and oxygen atoms in total. The Balaban J connectivity index is 1.34. The normalized spacial score (nSPS) is 13.7. The molecule has 0 saturated carbocycles. The van der Waals surface area contributed by atoms with Crippen LogP contribution in [0.3, 0.4) is 0 Å². The molecule has 0 spiro atoms. The van der Waals surface area contributed by atoms with Crippen molar-refractivity contribution in [3.05, 3.63) is 53.9 Å². The number of piperidine rings is 1. The molecule has 0 bridgehead atoms. The smallest absolute Gasteiger partial charge is 0.227 e. The van der Waals surface area contributed by atoms with Gasteiger partial charge in [-0.1, -0.05) is 6.92 Å². The van der Waals surface area contributed by atoms with Crippen LogP contribution >= 0.6 is 0 Å². The Morgan fingerprint density at radius 3 is 2.17 bits per heavy atom.